The first-order chi connectivity index (χ1) is 4.91. The van der Waals surface area contributed by atoms with Gasteiger partial charge in [0, 0.05) is 6.92 Å². The molecule has 1 aromatic rings. The van der Waals surface area contributed by atoms with Gasteiger partial charge in [-0.3, -0.25) is 0 Å². The number of hydrogen-bond donors (Lipinski definition) is 1. The zero-order chi connectivity index (χ0) is 8.65. The molecule has 0 radical (unpaired) electrons. The van der Waals surface area contributed by atoms with Crippen LogP contribution >= 0.6 is 0 Å². The highest BCUT2D eigenvalue weighted by atomic mass is 16.4. The van der Waals surface area contributed by atoms with Gasteiger partial charge in [0.15, 0.2) is 5.89 Å². The van der Waals surface area contributed by atoms with Crippen LogP contribution in [0.1, 0.15) is 31.2 Å². The molecule has 0 fully saturated rings. The summed E-state index contributed by atoms with van der Waals surface area (Å²) in [7, 11) is 0. The summed E-state index contributed by atoms with van der Waals surface area (Å²) >= 11 is 0. The van der Waals surface area contributed by atoms with E-state index < -0.39 is 5.54 Å². The van der Waals surface area contributed by atoms with E-state index in [9.17, 15) is 0 Å². The molecule has 3 nitrogen and oxygen atoms in total. The lowest BCUT2D eigenvalue weighted by Crippen LogP contribution is -2.28. The maximum atomic E-state index is 5.84. The van der Waals surface area contributed by atoms with Crippen LogP contribution in [0.15, 0.2) is 4.42 Å². The molecule has 0 aliphatic heterocycles. The number of hydrogen-bond acceptors (Lipinski definition) is 3. The minimum atomic E-state index is -0.425. The lowest BCUT2D eigenvalue weighted by Gasteiger charge is -2.14. The van der Waals surface area contributed by atoms with Crippen LogP contribution in [-0.4, -0.2) is 4.98 Å². The van der Waals surface area contributed by atoms with Crippen molar-refractivity contribution in [3.05, 3.63) is 17.3 Å². The summed E-state index contributed by atoms with van der Waals surface area (Å²) in [6.07, 6.45) is 0. The Morgan fingerprint density at radius 2 is 1.91 bits per heavy atom. The van der Waals surface area contributed by atoms with Gasteiger partial charge in [0.1, 0.15) is 5.76 Å². The van der Waals surface area contributed by atoms with Gasteiger partial charge >= 0.3 is 0 Å². The van der Waals surface area contributed by atoms with E-state index in [1.54, 1.807) is 0 Å². The van der Waals surface area contributed by atoms with Crippen molar-refractivity contribution in [3.8, 4) is 0 Å². The highest BCUT2D eigenvalue weighted by Crippen LogP contribution is 2.21. The van der Waals surface area contributed by atoms with Crippen LogP contribution < -0.4 is 5.73 Å². The van der Waals surface area contributed by atoms with Crippen molar-refractivity contribution < 1.29 is 4.42 Å². The molecule has 1 rings (SSSR count). The predicted octanol–water partition coefficient (Wildman–Crippen LogP) is 1.49. The summed E-state index contributed by atoms with van der Waals surface area (Å²) in [5, 5.41) is 0. The molecule has 0 saturated heterocycles. The molecule has 11 heavy (non-hydrogen) atoms. The van der Waals surface area contributed by atoms with E-state index in [4.69, 9.17) is 10.2 Å². The molecule has 0 bridgehead atoms. The van der Waals surface area contributed by atoms with Crippen LogP contribution in [-0.2, 0) is 5.54 Å². The molecule has 62 valence electrons. The summed E-state index contributed by atoms with van der Waals surface area (Å²) in [6.45, 7) is 7.53. The van der Waals surface area contributed by atoms with Gasteiger partial charge in [0.05, 0.1) is 11.2 Å². The lowest BCUT2D eigenvalue weighted by molar-refractivity contribution is 0.377. The number of rotatable bonds is 1. The number of aryl methyl sites for hydroxylation is 2. The molecule has 1 heterocycles. The summed E-state index contributed by atoms with van der Waals surface area (Å²) < 4.78 is 5.34. The lowest BCUT2D eigenvalue weighted by atomic mass is 10.0. The smallest absolute Gasteiger partial charge is 0.191 e. The second-order valence-electron chi connectivity index (χ2n) is 3.37. The second kappa shape index (κ2) is 2.34. The van der Waals surface area contributed by atoms with Crippen molar-refractivity contribution in [2.45, 2.75) is 33.2 Å². The van der Waals surface area contributed by atoms with Crippen molar-refractivity contribution in [2.24, 2.45) is 5.73 Å². The Kier molecular flexibility index (Phi) is 1.76. The monoisotopic (exact) mass is 154 g/mol. The Morgan fingerprint density at radius 1 is 1.36 bits per heavy atom. The van der Waals surface area contributed by atoms with E-state index in [1.165, 1.54) is 0 Å². The predicted molar refractivity (Wildman–Crippen MR) is 43.2 cm³/mol. The molecule has 0 aliphatic carbocycles. The number of oxazole rings is 1. The van der Waals surface area contributed by atoms with Gasteiger partial charge in [-0.05, 0) is 20.8 Å². The average molecular weight is 154 g/mol. The average Bonchev–Trinajstić information content (AvgIpc) is 2.08. The molecular formula is C8H14N2O. The molecule has 0 aliphatic rings. The van der Waals surface area contributed by atoms with Crippen molar-refractivity contribution in [3.63, 3.8) is 0 Å². The summed E-state index contributed by atoms with van der Waals surface area (Å²) in [5.74, 6) is 1.45. The molecule has 0 aromatic carbocycles. The fraction of sp³-hybridized carbons (Fsp3) is 0.625. The molecule has 0 spiro atoms. The van der Waals surface area contributed by atoms with Crippen LogP contribution in [0.3, 0.4) is 0 Å². The van der Waals surface area contributed by atoms with Crippen molar-refractivity contribution in [2.75, 3.05) is 0 Å². The Labute approximate surface area is 66.6 Å². The van der Waals surface area contributed by atoms with Gasteiger partial charge in [-0.15, -0.1) is 0 Å². The quantitative estimate of drug-likeness (QED) is 0.666. The zero-order valence-corrected chi connectivity index (χ0v) is 7.43. The minimum absolute atomic E-state index is 0.425. The molecule has 2 N–H and O–H groups in total. The first kappa shape index (κ1) is 8.27. The molecule has 3 heteroatoms. The van der Waals surface area contributed by atoms with Gasteiger partial charge in [-0.25, -0.2) is 4.98 Å². The van der Waals surface area contributed by atoms with Crippen molar-refractivity contribution >= 4 is 0 Å². The fourth-order valence-corrected chi connectivity index (χ4v) is 1.13. The third-order valence-electron chi connectivity index (χ3n) is 1.49. The van der Waals surface area contributed by atoms with E-state index in [0.29, 0.717) is 5.89 Å². The molecular weight excluding hydrogens is 140 g/mol. The normalized spacial score (nSPS) is 12.1. The molecule has 0 unspecified atom stereocenters. The fourth-order valence-electron chi connectivity index (χ4n) is 1.13. The van der Waals surface area contributed by atoms with E-state index in [0.717, 1.165) is 11.5 Å². The van der Waals surface area contributed by atoms with Crippen LogP contribution in [0.25, 0.3) is 0 Å². The third kappa shape index (κ3) is 1.60. The van der Waals surface area contributed by atoms with Gasteiger partial charge in [-0.1, -0.05) is 0 Å². The first-order valence-corrected chi connectivity index (χ1v) is 3.64. The maximum absolute atomic E-state index is 5.84. The molecule has 1 aromatic heterocycles. The highest BCUT2D eigenvalue weighted by Gasteiger charge is 2.22. The third-order valence-corrected chi connectivity index (χ3v) is 1.49. The van der Waals surface area contributed by atoms with Gasteiger partial charge in [-0.2, -0.15) is 0 Å². The van der Waals surface area contributed by atoms with Crippen LogP contribution in [0, 0.1) is 13.8 Å². The standard InChI is InChI=1S/C8H14N2O/c1-5-7(8(3,4)9)11-6(2)10-5/h9H2,1-4H3. The van der Waals surface area contributed by atoms with E-state index >= 15 is 0 Å². The Morgan fingerprint density at radius 3 is 2.09 bits per heavy atom. The van der Waals surface area contributed by atoms with E-state index in [1.807, 2.05) is 27.7 Å². The summed E-state index contributed by atoms with van der Waals surface area (Å²) in [6, 6.07) is 0. The first-order valence-electron chi connectivity index (χ1n) is 3.64. The van der Waals surface area contributed by atoms with Crippen LogP contribution in [0.5, 0.6) is 0 Å². The van der Waals surface area contributed by atoms with E-state index in [2.05, 4.69) is 4.98 Å². The van der Waals surface area contributed by atoms with Crippen LogP contribution in [0.2, 0.25) is 0 Å². The molecule has 0 atom stereocenters. The Balaban J connectivity index is 3.13. The minimum Gasteiger partial charge on any atom is -0.444 e. The van der Waals surface area contributed by atoms with Gasteiger partial charge in [0.25, 0.3) is 0 Å². The topological polar surface area (TPSA) is 52.0 Å². The maximum Gasteiger partial charge on any atom is 0.191 e. The summed E-state index contributed by atoms with van der Waals surface area (Å²) in [5.41, 5.74) is 6.30. The van der Waals surface area contributed by atoms with Crippen molar-refractivity contribution in [1.29, 1.82) is 0 Å². The molecule has 0 amide bonds. The second-order valence-corrected chi connectivity index (χ2v) is 3.37. The highest BCUT2D eigenvalue weighted by molar-refractivity contribution is 5.15. The number of nitrogens with zero attached hydrogens (tertiary/aromatic N) is 1. The Bertz CT molecular complexity index is 258. The largest absolute Gasteiger partial charge is 0.444 e. The SMILES string of the molecule is Cc1nc(C)c(C(C)(C)N)o1. The molecule has 0 saturated carbocycles. The number of aromatic nitrogens is 1. The van der Waals surface area contributed by atoms with Crippen LogP contribution in [0.4, 0.5) is 0 Å². The van der Waals surface area contributed by atoms with Gasteiger partial charge < -0.3 is 10.2 Å². The number of nitrogens with two attached hydrogens (primary N) is 1. The Hall–Kier alpha value is -0.830. The van der Waals surface area contributed by atoms with Crippen molar-refractivity contribution in [1.82, 2.24) is 4.98 Å². The van der Waals surface area contributed by atoms with E-state index in [-0.39, 0.29) is 0 Å². The zero-order valence-electron chi connectivity index (χ0n) is 7.43. The summed E-state index contributed by atoms with van der Waals surface area (Å²) in [4.78, 5) is 4.13. The van der Waals surface area contributed by atoms with Gasteiger partial charge in [0.2, 0.25) is 0 Å².